The largest absolute Gasteiger partial charge is 0.368 e. The third-order valence-electron chi connectivity index (χ3n) is 5.11. The Bertz CT molecular complexity index is 991. The van der Waals surface area contributed by atoms with Crippen molar-refractivity contribution in [1.29, 1.82) is 0 Å². The maximum Gasteiger partial charge on any atom is 0.248 e. The molecule has 142 valence electrons. The molecule has 3 aromatic rings. The van der Waals surface area contributed by atoms with E-state index in [0.29, 0.717) is 5.56 Å². The smallest absolute Gasteiger partial charge is 0.248 e. The highest BCUT2D eigenvalue weighted by atomic mass is 16.1. The van der Waals surface area contributed by atoms with Crippen molar-refractivity contribution < 1.29 is 4.79 Å². The molecule has 0 radical (unpaired) electrons. The molecule has 1 saturated heterocycles. The van der Waals surface area contributed by atoms with Crippen LogP contribution in [0.4, 0.5) is 5.95 Å². The first-order valence-electron chi connectivity index (χ1n) is 9.27. The third-order valence-corrected chi connectivity index (χ3v) is 5.11. The molecule has 28 heavy (non-hydrogen) atoms. The molecule has 0 bridgehead atoms. The highest BCUT2D eigenvalue weighted by molar-refractivity contribution is 5.94. The number of carbonyl (C=O) groups excluding carboxylic acids is 1. The summed E-state index contributed by atoms with van der Waals surface area (Å²) in [5, 5.41) is 0. The standard InChI is InChI=1S/C21H22N6O/c22-20(28)16-4-1-3-15(11-16)17-12-25-21(23)26-19(17)18-5-2-10-27(18)13-14-6-8-24-9-7-14/h1,3-4,6-9,11-12,18H,2,5,10,13H2,(H2,22,28)(H2,23,25,26)/t18-/m0/s1. The zero-order valence-electron chi connectivity index (χ0n) is 15.5. The highest BCUT2D eigenvalue weighted by Gasteiger charge is 2.30. The van der Waals surface area contributed by atoms with Gasteiger partial charge in [0.2, 0.25) is 11.9 Å². The maximum atomic E-state index is 11.6. The van der Waals surface area contributed by atoms with Crippen molar-refractivity contribution in [3.05, 3.63) is 71.8 Å². The van der Waals surface area contributed by atoms with Crippen LogP contribution in [0, 0.1) is 0 Å². The van der Waals surface area contributed by atoms with E-state index in [1.165, 1.54) is 5.56 Å². The van der Waals surface area contributed by atoms with Gasteiger partial charge in [-0.25, -0.2) is 9.97 Å². The molecule has 0 unspecified atom stereocenters. The maximum absolute atomic E-state index is 11.6. The van der Waals surface area contributed by atoms with Crippen LogP contribution in [0.5, 0.6) is 0 Å². The fourth-order valence-corrected chi connectivity index (χ4v) is 3.77. The molecule has 0 spiro atoms. The van der Waals surface area contributed by atoms with E-state index in [2.05, 4.69) is 19.9 Å². The lowest BCUT2D eigenvalue weighted by atomic mass is 9.98. The number of carbonyl (C=O) groups is 1. The number of rotatable bonds is 5. The molecule has 7 nitrogen and oxygen atoms in total. The minimum atomic E-state index is -0.458. The summed E-state index contributed by atoms with van der Waals surface area (Å²) in [5.41, 5.74) is 15.7. The van der Waals surface area contributed by atoms with Gasteiger partial charge in [0, 0.05) is 36.3 Å². The average Bonchev–Trinajstić information content (AvgIpc) is 3.16. The number of aromatic nitrogens is 3. The summed E-state index contributed by atoms with van der Waals surface area (Å²) in [7, 11) is 0. The van der Waals surface area contributed by atoms with Gasteiger partial charge in [-0.15, -0.1) is 0 Å². The van der Waals surface area contributed by atoms with Gasteiger partial charge in [-0.2, -0.15) is 0 Å². The van der Waals surface area contributed by atoms with Gasteiger partial charge >= 0.3 is 0 Å². The molecule has 4 rings (SSSR count). The van der Waals surface area contributed by atoms with E-state index in [0.717, 1.165) is 42.8 Å². The number of nitrogens with zero attached hydrogens (tertiary/aromatic N) is 4. The Morgan fingerprint density at radius 2 is 2.04 bits per heavy atom. The Balaban J connectivity index is 1.72. The molecule has 0 aliphatic carbocycles. The SMILES string of the molecule is NC(=O)c1cccc(-c2cnc(N)nc2[C@@H]2CCCN2Cc2ccncc2)c1. The van der Waals surface area contributed by atoms with Crippen LogP contribution in [0.2, 0.25) is 0 Å². The van der Waals surface area contributed by atoms with E-state index in [1.54, 1.807) is 18.3 Å². The fraction of sp³-hybridized carbons (Fsp3) is 0.238. The Kier molecular flexibility index (Phi) is 4.99. The molecule has 7 heteroatoms. The molecular formula is C21H22N6O. The van der Waals surface area contributed by atoms with Crippen molar-refractivity contribution >= 4 is 11.9 Å². The molecule has 0 saturated carbocycles. The second-order valence-electron chi connectivity index (χ2n) is 6.96. The highest BCUT2D eigenvalue weighted by Crippen LogP contribution is 2.37. The van der Waals surface area contributed by atoms with Gasteiger partial charge in [0.15, 0.2) is 0 Å². The van der Waals surface area contributed by atoms with E-state index in [-0.39, 0.29) is 12.0 Å². The van der Waals surface area contributed by atoms with Crippen LogP contribution in [-0.4, -0.2) is 32.3 Å². The Morgan fingerprint density at radius 1 is 1.21 bits per heavy atom. The predicted octanol–water partition coefficient (Wildman–Crippen LogP) is 2.56. The van der Waals surface area contributed by atoms with Crippen molar-refractivity contribution in [3.8, 4) is 11.1 Å². The van der Waals surface area contributed by atoms with Crippen LogP contribution in [0.1, 0.15) is 40.5 Å². The first kappa shape index (κ1) is 18.1. The van der Waals surface area contributed by atoms with Gasteiger partial charge in [-0.3, -0.25) is 14.7 Å². The molecule has 1 amide bonds. The molecule has 2 aromatic heterocycles. The van der Waals surface area contributed by atoms with Gasteiger partial charge in [0.05, 0.1) is 11.7 Å². The van der Waals surface area contributed by atoms with Gasteiger partial charge in [0.25, 0.3) is 0 Å². The normalized spacial score (nSPS) is 16.9. The molecule has 1 aliphatic heterocycles. The molecule has 1 fully saturated rings. The summed E-state index contributed by atoms with van der Waals surface area (Å²) in [4.78, 5) is 26.9. The monoisotopic (exact) mass is 374 g/mol. The van der Waals surface area contributed by atoms with Crippen LogP contribution in [-0.2, 0) is 6.54 Å². The number of benzene rings is 1. The summed E-state index contributed by atoms with van der Waals surface area (Å²) in [5.74, 6) is -0.208. The zero-order chi connectivity index (χ0) is 19.5. The summed E-state index contributed by atoms with van der Waals surface area (Å²) in [6.07, 6.45) is 7.43. The first-order chi connectivity index (χ1) is 13.6. The number of primary amides is 1. The van der Waals surface area contributed by atoms with Crippen LogP contribution in [0.15, 0.2) is 55.0 Å². The zero-order valence-corrected chi connectivity index (χ0v) is 15.5. The second-order valence-corrected chi connectivity index (χ2v) is 6.96. The third kappa shape index (κ3) is 3.70. The quantitative estimate of drug-likeness (QED) is 0.710. The molecule has 1 atom stereocenters. The molecule has 1 aliphatic rings. The summed E-state index contributed by atoms with van der Waals surface area (Å²) < 4.78 is 0. The van der Waals surface area contributed by atoms with Crippen molar-refractivity contribution in [2.24, 2.45) is 5.73 Å². The van der Waals surface area contributed by atoms with Crippen LogP contribution < -0.4 is 11.5 Å². The van der Waals surface area contributed by atoms with Crippen LogP contribution in [0.3, 0.4) is 0 Å². The summed E-state index contributed by atoms with van der Waals surface area (Å²) >= 11 is 0. The Hall–Kier alpha value is -3.32. The molecule has 4 N–H and O–H groups in total. The lowest BCUT2D eigenvalue weighted by molar-refractivity contribution is 0.100. The number of likely N-dealkylation sites (tertiary alicyclic amines) is 1. The number of hydrogen-bond donors (Lipinski definition) is 2. The average molecular weight is 374 g/mol. The fourth-order valence-electron chi connectivity index (χ4n) is 3.77. The number of hydrogen-bond acceptors (Lipinski definition) is 6. The molecule has 1 aromatic carbocycles. The van der Waals surface area contributed by atoms with Crippen molar-refractivity contribution in [2.75, 3.05) is 12.3 Å². The van der Waals surface area contributed by atoms with Gasteiger partial charge < -0.3 is 11.5 Å². The van der Waals surface area contributed by atoms with Gasteiger partial charge in [-0.1, -0.05) is 12.1 Å². The van der Waals surface area contributed by atoms with Crippen LogP contribution >= 0.6 is 0 Å². The summed E-state index contributed by atoms with van der Waals surface area (Å²) in [6.45, 7) is 1.80. The topological polar surface area (TPSA) is 111 Å². The first-order valence-corrected chi connectivity index (χ1v) is 9.27. The molecule has 3 heterocycles. The minimum Gasteiger partial charge on any atom is -0.368 e. The van der Waals surface area contributed by atoms with Gasteiger partial charge in [-0.05, 0) is 54.8 Å². The minimum absolute atomic E-state index is 0.130. The van der Waals surface area contributed by atoms with Crippen molar-refractivity contribution in [1.82, 2.24) is 19.9 Å². The van der Waals surface area contributed by atoms with Crippen molar-refractivity contribution in [3.63, 3.8) is 0 Å². The van der Waals surface area contributed by atoms with Crippen molar-refractivity contribution in [2.45, 2.75) is 25.4 Å². The predicted molar refractivity (Wildman–Crippen MR) is 107 cm³/mol. The number of amides is 1. The number of pyridine rings is 1. The lowest BCUT2D eigenvalue weighted by Crippen LogP contribution is -2.24. The number of anilines is 1. The summed E-state index contributed by atoms with van der Waals surface area (Å²) in [6, 6.07) is 11.4. The number of nitrogen functional groups attached to an aromatic ring is 1. The molecular weight excluding hydrogens is 352 g/mol. The van der Waals surface area contributed by atoms with E-state index in [4.69, 9.17) is 11.5 Å². The number of nitrogens with two attached hydrogens (primary N) is 2. The van der Waals surface area contributed by atoms with E-state index >= 15 is 0 Å². The van der Waals surface area contributed by atoms with E-state index in [1.807, 2.05) is 36.7 Å². The lowest BCUT2D eigenvalue weighted by Gasteiger charge is -2.26. The van der Waals surface area contributed by atoms with Gasteiger partial charge in [0.1, 0.15) is 0 Å². The Labute approximate surface area is 163 Å². The second kappa shape index (κ2) is 7.74. The van der Waals surface area contributed by atoms with Crippen LogP contribution in [0.25, 0.3) is 11.1 Å². The van der Waals surface area contributed by atoms with E-state index in [9.17, 15) is 4.79 Å². The van der Waals surface area contributed by atoms with E-state index < -0.39 is 5.91 Å². The Morgan fingerprint density at radius 3 is 2.82 bits per heavy atom.